The van der Waals surface area contributed by atoms with E-state index in [1.165, 1.54) is 5.56 Å². The molecule has 1 saturated heterocycles. The maximum atomic E-state index is 11.9. The first kappa shape index (κ1) is 14.9. The van der Waals surface area contributed by atoms with Gasteiger partial charge in [0.15, 0.2) is 0 Å². The van der Waals surface area contributed by atoms with Gasteiger partial charge in [0, 0.05) is 26.1 Å². The van der Waals surface area contributed by atoms with Crippen LogP contribution < -0.4 is 4.74 Å². The van der Waals surface area contributed by atoms with E-state index in [9.17, 15) is 4.79 Å². The van der Waals surface area contributed by atoms with Crippen molar-refractivity contribution >= 4 is 5.91 Å². The van der Waals surface area contributed by atoms with Gasteiger partial charge in [0.1, 0.15) is 5.75 Å². The summed E-state index contributed by atoms with van der Waals surface area (Å²) >= 11 is 0. The van der Waals surface area contributed by atoms with Crippen molar-refractivity contribution in [3.63, 3.8) is 0 Å². The lowest BCUT2D eigenvalue weighted by molar-refractivity contribution is -0.127. The number of ether oxygens (including phenoxy) is 1. The quantitative estimate of drug-likeness (QED) is 0.827. The van der Waals surface area contributed by atoms with Crippen LogP contribution >= 0.6 is 0 Å². The summed E-state index contributed by atoms with van der Waals surface area (Å²) in [6, 6.07) is 7.99. The Bertz CT molecular complexity index is 430. The molecule has 1 fully saturated rings. The number of benzene rings is 1. The van der Waals surface area contributed by atoms with Crippen molar-refractivity contribution in [2.45, 2.75) is 25.7 Å². The monoisotopic (exact) mass is 277 g/mol. The van der Waals surface area contributed by atoms with Gasteiger partial charge in [0.05, 0.1) is 7.11 Å². The van der Waals surface area contributed by atoms with Gasteiger partial charge in [-0.25, -0.2) is 0 Å². The zero-order chi connectivity index (χ0) is 14.4. The van der Waals surface area contributed by atoms with Crippen molar-refractivity contribution in [3.8, 4) is 5.75 Å². The number of aliphatic hydroxyl groups excluding tert-OH is 1. The fourth-order valence-electron chi connectivity index (χ4n) is 2.70. The van der Waals surface area contributed by atoms with E-state index in [1.54, 1.807) is 7.11 Å². The van der Waals surface area contributed by atoms with E-state index in [4.69, 9.17) is 9.84 Å². The Balaban J connectivity index is 1.79. The molecule has 1 aromatic carbocycles. The predicted molar refractivity (Wildman–Crippen MR) is 77.7 cm³/mol. The summed E-state index contributed by atoms with van der Waals surface area (Å²) in [6.45, 7) is 1.84. The first-order valence-electron chi connectivity index (χ1n) is 7.24. The number of hydrogen-bond acceptors (Lipinski definition) is 3. The van der Waals surface area contributed by atoms with Gasteiger partial charge in [-0.05, 0) is 42.9 Å². The van der Waals surface area contributed by atoms with E-state index in [0.717, 1.165) is 38.1 Å². The second kappa shape index (κ2) is 7.29. The third kappa shape index (κ3) is 3.97. The van der Waals surface area contributed by atoms with Crippen LogP contribution in [0, 0.1) is 5.92 Å². The summed E-state index contributed by atoms with van der Waals surface area (Å²) < 4.78 is 5.13. The zero-order valence-corrected chi connectivity index (χ0v) is 12.0. The Kier molecular flexibility index (Phi) is 5.41. The van der Waals surface area contributed by atoms with Crippen LogP contribution in [0.25, 0.3) is 0 Å². The molecule has 20 heavy (non-hydrogen) atoms. The van der Waals surface area contributed by atoms with Crippen molar-refractivity contribution in [3.05, 3.63) is 29.8 Å². The van der Waals surface area contributed by atoms with Crippen LogP contribution in [0.1, 0.15) is 24.8 Å². The minimum absolute atomic E-state index is 0.219. The number of rotatable bonds is 7. The molecule has 1 atom stereocenters. The van der Waals surface area contributed by atoms with Crippen molar-refractivity contribution in [1.29, 1.82) is 0 Å². The maximum Gasteiger partial charge on any atom is 0.222 e. The molecule has 1 heterocycles. The van der Waals surface area contributed by atoms with Crippen LogP contribution in [0.5, 0.6) is 5.75 Å². The van der Waals surface area contributed by atoms with Crippen LogP contribution in [0.4, 0.5) is 0 Å². The number of nitrogens with zero attached hydrogens (tertiary/aromatic N) is 1. The van der Waals surface area contributed by atoms with Crippen molar-refractivity contribution < 1.29 is 14.6 Å². The minimum atomic E-state index is 0.219. The number of hydrogen-bond donors (Lipinski definition) is 1. The van der Waals surface area contributed by atoms with Gasteiger partial charge >= 0.3 is 0 Å². The van der Waals surface area contributed by atoms with E-state index >= 15 is 0 Å². The molecule has 4 heteroatoms. The van der Waals surface area contributed by atoms with E-state index in [-0.39, 0.29) is 12.5 Å². The first-order chi connectivity index (χ1) is 9.72. The molecule has 1 amide bonds. The van der Waals surface area contributed by atoms with Crippen LogP contribution in [0.15, 0.2) is 24.3 Å². The molecule has 2 rings (SSSR count). The summed E-state index contributed by atoms with van der Waals surface area (Å²) in [5.41, 5.74) is 1.22. The number of methoxy groups -OCH3 is 1. The molecular formula is C16H23NO3. The first-order valence-corrected chi connectivity index (χ1v) is 7.24. The zero-order valence-electron chi connectivity index (χ0n) is 12.0. The molecule has 0 aliphatic carbocycles. The predicted octanol–water partition coefficient (Wildman–Crippen LogP) is 1.86. The fraction of sp³-hybridized carbons (Fsp3) is 0.562. The molecule has 4 nitrogen and oxygen atoms in total. The summed E-state index contributed by atoms with van der Waals surface area (Å²) in [6.07, 6.45) is 3.26. The number of carbonyl (C=O) groups is 1. The highest BCUT2D eigenvalue weighted by Gasteiger charge is 2.28. The molecule has 1 aromatic rings. The smallest absolute Gasteiger partial charge is 0.222 e. The lowest BCUT2D eigenvalue weighted by atomic mass is 10.0. The Labute approximate surface area is 120 Å². The van der Waals surface area contributed by atoms with Crippen LogP contribution in [0.2, 0.25) is 0 Å². The summed E-state index contributed by atoms with van der Waals surface area (Å²) in [5, 5.41) is 8.84. The highest BCUT2D eigenvalue weighted by molar-refractivity contribution is 5.78. The third-order valence-corrected chi connectivity index (χ3v) is 3.89. The third-order valence-electron chi connectivity index (χ3n) is 3.89. The van der Waals surface area contributed by atoms with Crippen molar-refractivity contribution in [1.82, 2.24) is 4.90 Å². The van der Waals surface area contributed by atoms with Gasteiger partial charge < -0.3 is 14.7 Å². The molecule has 0 aromatic heterocycles. The minimum Gasteiger partial charge on any atom is -0.497 e. The van der Waals surface area contributed by atoms with Crippen molar-refractivity contribution in [2.75, 3.05) is 26.8 Å². The van der Waals surface area contributed by atoms with E-state index < -0.39 is 0 Å². The van der Waals surface area contributed by atoms with Gasteiger partial charge in [-0.2, -0.15) is 0 Å². The number of amides is 1. The molecule has 110 valence electrons. The number of aliphatic hydroxyl groups is 1. The lowest BCUT2D eigenvalue weighted by Crippen LogP contribution is -2.27. The van der Waals surface area contributed by atoms with Gasteiger partial charge in [0.25, 0.3) is 0 Å². The van der Waals surface area contributed by atoms with Crippen LogP contribution in [-0.4, -0.2) is 42.7 Å². The van der Waals surface area contributed by atoms with Crippen LogP contribution in [-0.2, 0) is 11.2 Å². The maximum absolute atomic E-state index is 11.9. The van der Waals surface area contributed by atoms with Gasteiger partial charge in [0.2, 0.25) is 5.91 Å². The van der Waals surface area contributed by atoms with Gasteiger partial charge in [-0.15, -0.1) is 0 Å². The highest BCUT2D eigenvalue weighted by atomic mass is 16.5. The molecule has 0 radical (unpaired) electrons. The van der Waals surface area contributed by atoms with Crippen LogP contribution in [0.3, 0.4) is 0 Å². The Morgan fingerprint density at radius 2 is 2.10 bits per heavy atom. The molecule has 0 spiro atoms. The molecule has 0 saturated carbocycles. The number of likely N-dealkylation sites (tertiary alicyclic amines) is 1. The Morgan fingerprint density at radius 1 is 1.35 bits per heavy atom. The average Bonchev–Trinajstić information content (AvgIpc) is 2.83. The largest absolute Gasteiger partial charge is 0.497 e. The van der Waals surface area contributed by atoms with E-state index in [2.05, 4.69) is 0 Å². The molecule has 0 bridgehead atoms. The second-order valence-electron chi connectivity index (χ2n) is 5.37. The Morgan fingerprint density at radius 3 is 2.75 bits per heavy atom. The lowest BCUT2D eigenvalue weighted by Gasteiger charge is -2.16. The summed E-state index contributed by atoms with van der Waals surface area (Å²) in [4.78, 5) is 13.9. The summed E-state index contributed by atoms with van der Waals surface area (Å²) in [7, 11) is 1.66. The second-order valence-corrected chi connectivity index (χ2v) is 5.37. The molecular weight excluding hydrogens is 254 g/mol. The average molecular weight is 277 g/mol. The van der Waals surface area contributed by atoms with E-state index in [1.807, 2.05) is 29.2 Å². The fourth-order valence-corrected chi connectivity index (χ4v) is 2.70. The van der Waals surface area contributed by atoms with Gasteiger partial charge in [-0.1, -0.05) is 12.1 Å². The molecule has 1 aliphatic rings. The summed E-state index contributed by atoms with van der Waals surface area (Å²) in [5.74, 6) is 1.53. The molecule has 0 unspecified atom stereocenters. The SMILES string of the molecule is COc1ccc(CCN2C[C@H](CCCO)CC2=O)cc1. The standard InChI is InChI=1S/C16H23NO3/c1-20-15-6-4-13(5-7-15)8-9-17-12-14(3-2-10-18)11-16(17)19/h4-7,14,18H,2-3,8-12H2,1H3/t14-/m1/s1. The topological polar surface area (TPSA) is 49.8 Å². The number of carbonyl (C=O) groups excluding carboxylic acids is 1. The Hall–Kier alpha value is -1.55. The normalized spacial score (nSPS) is 18.6. The van der Waals surface area contributed by atoms with E-state index in [0.29, 0.717) is 12.3 Å². The molecule has 1 aliphatic heterocycles. The van der Waals surface area contributed by atoms with Gasteiger partial charge in [-0.3, -0.25) is 4.79 Å². The highest BCUT2D eigenvalue weighted by Crippen LogP contribution is 2.22. The van der Waals surface area contributed by atoms with Crippen molar-refractivity contribution in [2.24, 2.45) is 5.92 Å². The molecule has 1 N–H and O–H groups in total.